The van der Waals surface area contributed by atoms with E-state index in [2.05, 4.69) is 15.5 Å². The number of nitrogens with one attached hydrogen (secondary N) is 2. The Bertz CT molecular complexity index is 289. The first kappa shape index (κ1) is 15.9. The van der Waals surface area contributed by atoms with Crippen LogP contribution in [0, 0.1) is 5.92 Å². The average Bonchev–Trinajstić information content (AvgIpc) is 2.62. The molecule has 0 bridgehead atoms. The molecule has 6 nitrogen and oxygen atoms in total. The van der Waals surface area contributed by atoms with E-state index in [1.165, 1.54) is 0 Å². The van der Waals surface area contributed by atoms with E-state index >= 15 is 0 Å². The van der Waals surface area contributed by atoms with Gasteiger partial charge < -0.3 is 15.7 Å². The lowest BCUT2D eigenvalue weighted by atomic mass is 10.1. The molecule has 0 spiro atoms. The molecule has 19 heavy (non-hydrogen) atoms. The Morgan fingerprint density at radius 3 is 2.89 bits per heavy atom. The number of hydrogen-bond acceptors (Lipinski definition) is 4. The largest absolute Gasteiger partial charge is 0.481 e. The first-order valence-corrected chi connectivity index (χ1v) is 6.99. The third kappa shape index (κ3) is 7.79. The van der Waals surface area contributed by atoms with E-state index < -0.39 is 5.97 Å². The van der Waals surface area contributed by atoms with Crippen molar-refractivity contribution in [2.75, 3.05) is 39.3 Å². The highest BCUT2D eigenvalue weighted by molar-refractivity contribution is 5.78. The van der Waals surface area contributed by atoms with Gasteiger partial charge >= 0.3 is 5.97 Å². The van der Waals surface area contributed by atoms with Crippen LogP contribution in [0.1, 0.15) is 26.2 Å². The van der Waals surface area contributed by atoms with E-state index in [0.717, 1.165) is 32.6 Å². The number of carboxylic acid groups (broad SMARTS) is 1. The fourth-order valence-electron chi connectivity index (χ4n) is 2.08. The van der Waals surface area contributed by atoms with Gasteiger partial charge in [0.2, 0.25) is 5.91 Å². The number of nitrogens with zero attached hydrogens (tertiary/aromatic N) is 1. The summed E-state index contributed by atoms with van der Waals surface area (Å²) >= 11 is 0. The standard InChI is InChI=1S/C13H25N3O3/c1-11(3-4-13(18)19)9-15-12(17)10-16-7-2-5-14-6-8-16/h11,14H,2-10H2,1H3,(H,15,17)(H,18,19). The molecule has 1 atom stereocenters. The van der Waals surface area contributed by atoms with Crippen LogP contribution in [0.3, 0.4) is 0 Å². The molecule has 1 amide bonds. The van der Waals surface area contributed by atoms with Gasteiger partial charge in [0, 0.05) is 26.1 Å². The number of hydrogen-bond donors (Lipinski definition) is 3. The van der Waals surface area contributed by atoms with Crippen LogP contribution in [-0.2, 0) is 9.59 Å². The van der Waals surface area contributed by atoms with Crippen molar-refractivity contribution in [1.29, 1.82) is 0 Å². The Balaban J connectivity index is 2.14. The molecule has 1 unspecified atom stereocenters. The Morgan fingerprint density at radius 2 is 2.16 bits per heavy atom. The van der Waals surface area contributed by atoms with Crippen LogP contribution < -0.4 is 10.6 Å². The zero-order valence-corrected chi connectivity index (χ0v) is 11.7. The van der Waals surface area contributed by atoms with Crippen molar-refractivity contribution in [2.24, 2.45) is 5.92 Å². The van der Waals surface area contributed by atoms with Gasteiger partial charge in [0.1, 0.15) is 0 Å². The molecule has 0 saturated carbocycles. The molecule has 0 aromatic carbocycles. The molecule has 0 radical (unpaired) electrons. The molecule has 1 aliphatic heterocycles. The Labute approximate surface area is 114 Å². The lowest BCUT2D eigenvalue weighted by Crippen LogP contribution is -2.40. The van der Waals surface area contributed by atoms with Crippen LogP contribution >= 0.6 is 0 Å². The fourth-order valence-corrected chi connectivity index (χ4v) is 2.08. The second kappa shape index (κ2) is 8.87. The van der Waals surface area contributed by atoms with Crippen LogP contribution in [0.25, 0.3) is 0 Å². The molecule has 1 heterocycles. The van der Waals surface area contributed by atoms with Gasteiger partial charge in [0.05, 0.1) is 6.54 Å². The van der Waals surface area contributed by atoms with Gasteiger partial charge in [-0.05, 0) is 31.8 Å². The van der Waals surface area contributed by atoms with Gasteiger partial charge in [-0.25, -0.2) is 0 Å². The molecule has 3 N–H and O–H groups in total. The highest BCUT2D eigenvalue weighted by atomic mass is 16.4. The van der Waals surface area contributed by atoms with Crippen LogP contribution in [0.5, 0.6) is 0 Å². The summed E-state index contributed by atoms with van der Waals surface area (Å²) in [6.07, 6.45) is 1.83. The molecule has 1 rings (SSSR count). The van der Waals surface area contributed by atoms with Crippen molar-refractivity contribution in [3.63, 3.8) is 0 Å². The van der Waals surface area contributed by atoms with Crippen molar-refractivity contribution in [1.82, 2.24) is 15.5 Å². The SMILES string of the molecule is CC(CCC(=O)O)CNC(=O)CN1CCCNCC1. The maximum Gasteiger partial charge on any atom is 0.303 e. The van der Waals surface area contributed by atoms with Crippen molar-refractivity contribution in [3.05, 3.63) is 0 Å². The van der Waals surface area contributed by atoms with E-state index in [0.29, 0.717) is 19.5 Å². The fraction of sp³-hybridized carbons (Fsp3) is 0.846. The van der Waals surface area contributed by atoms with E-state index in [1.54, 1.807) is 0 Å². The zero-order valence-electron chi connectivity index (χ0n) is 11.7. The molecule has 0 aliphatic carbocycles. The Hall–Kier alpha value is -1.14. The third-order valence-corrected chi connectivity index (χ3v) is 3.30. The molecule has 1 fully saturated rings. The lowest BCUT2D eigenvalue weighted by Gasteiger charge is -2.19. The van der Waals surface area contributed by atoms with E-state index in [-0.39, 0.29) is 18.2 Å². The van der Waals surface area contributed by atoms with Gasteiger partial charge in [-0.2, -0.15) is 0 Å². The van der Waals surface area contributed by atoms with E-state index in [9.17, 15) is 9.59 Å². The monoisotopic (exact) mass is 271 g/mol. The number of carbonyl (C=O) groups excluding carboxylic acids is 1. The number of aliphatic carboxylic acids is 1. The van der Waals surface area contributed by atoms with Gasteiger partial charge in [-0.3, -0.25) is 14.5 Å². The first-order valence-electron chi connectivity index (χ1n) is 6.99. The quantitative estimate of drug-likeness (QED) is 0.602. The summed E-state index contributed by atoms with van der Waals surface area (Å²) in [5.74, 6) is -0.551. The summed E-state index contributed by atoms with van der Waals surface area (Å²) in [6, 6.07) is 0. The molecule has 0 aromatic rings. The number of carboxylic acids is 1. The predicted molar refractivity (Wildman–Crippen MR) is 73.0 cm³/mol. The molecular weight excluding hydrogens is 246 g/mol. The van der Waals surface area contributed by atoms with Crippen molar-refractivity contribution in [3.8, 4) is 0 Å². The molecular formula is C13H25N3O3. The first-order chi connectivity index (χ1) is 9.08. The van der Waals surface area contributed by atoms with Gasteiger partial charge in [-0.15, -0.1) is 0 Å². The second-order valence-electron chi connectivity index (χ2n) is 5.22. The minimum Gasteiger partial charge on any atom is -0.481 e. The minimum absolute atomic E-state index is 0.0316. The van der Waals surface area contributed by atoms with Crippen LogP contribution in [0.15, 0.2) is 0 Å². The van der Waals surface area contributed by atoms with Crippen molar-refractivity contribution >= 4 is 11.9 Å². The molecule has 6 heteroatoms. The van der Waals surface area contributed by atoms with Crippen LogP contribution in [0.2, 0.25) is 0 Å². The summed E-state index contributed by atoms with van der Waals surface area (Å²) in [4.78, 5) is 24.4. The average molecular weight is 271 g/mol. The molecule has 1 saturated heterocycles. The van der Waals surface area contributed by atoms with Gasteiger partial charge in [0.15, 0.2) is 0 Å². The smallest absolute Gasteiger partial charge is 0.303 e. The summed E-state index contributed by atoms with van der Waals surface area (Å²) in [5, 5.41) is 14.8. The summed E-state index contributed by atoms with van der Waals surface area (Å²) in [5.41, 5.74) is 0. The topological polar surface area (TPSA) is 81.7 Å². The predicted octanol–water partition coefficient (Wildman–Crippen LogP) is -0.101. The van der Waals surface area contributed by atoms with Crippen LogP contribution in [0.4, 0.5) is 0 Å². The zero-order chi connectivity index (χ0) is 14.1. The summed E-state index contributed by atoms with van der Waals surface area (Å²) in [6.45, 7) is 6.76. The maximum atomic E-state index is 11.8. The summed E-state index contributed by atoms with van der Waals surface area (Å²) in [7, 11) is 0. The maximum absolute atomic E-state index is 11.8. The highest BCUT2D eigenvalue weighted by Crippen LogP contribution is 2.03. The molecule has 0 aromatic heterocycles. The Morgan fingerprint density at radius 1 is 1.37 bits per heavy atom. The minimum atomic E-state index is -0.782. The number of carbonyl (C=O) groups is 2. The highest BCUT2D eigenvalue weighted by Gasteiger charge is 2.13. The summed E-state index contributed by atoms with van der Waals surface area (Å²) < 4.78 is 0. The number of rotatable bonds is 7. The van der Waals surface area contributed by atoms with Crippen molar-refractivity contribution < 1.29 is 14.7 Å². The van der Waals surface area contributed by atoms with E-state index in [4.69, 9.17) is 5.11 Å². The van der Waals surface area contributed by atoms with Crippen molar-refractivity contribution in [2.45, 2.75) is 26.2 Å². The Kier molecular flexibility index (Phi) is 7.43. The van der Waals surface area contributed by atoms with Gasteiger partial charge in [-0.1, -0.05) is 6.92 Å². The number of amides is 1. The van der Waals surface area contributed by atoms with E-state index in [1.807, 2.05) is 6.92 Å². The lowest BCUT2D eigenvalue weighted by molar-refractivity contribution is -0.137. The molecule has 1 aliphatic rings. The normalized spacial score (nSPS) is 18.6. The second-order valence-corrected chi connectivity index (χ2v) is 5.22. The van der Waals surface area contributed by atoms with Crippen LogP contribution in [-0.4, -0.2) is 61.2 Å². The van der Waals surface area contributed by atoms with Gasteiger partial charge in [0.25, 0.3) is 0 Å². The third-order valence-electron chi connectivity index (χ3n) is 3.30. The molecule has 110 valence electrons.